The zero-order valence-corrected chi connectivity index (χ0v) is 6.52. The van der Waals surface area contributed by atoms with Crippen molar-refractivity contribution >= 4 is 28.2 Å². The number of halogens is 1. The van der Waals surface area contributed by atoms with Crippen molar-refractivity contribution < 1.29 is 0 Å². The lowest BCUT2D eigenvalue weighted by atomic mass is 10.2. The summed E-state index contributed by atoms with van der Waals surface area (Å²) in [5, 5.41) is 1.69. The molecule has 0 unspecified atom stereocenters. The van der Waals surface area contributed by atoms with Gasteiger partial charge in [-0.1, -0.05) is 11.6 Å². The van der Waals surface area contributed by atoms with E-state index < -0.39 is 0 Å². The summed E-state index contributed by atoms with van der Waals surface area (Å²) in [7, 11) is 0. The largest absolute Gasteiger partial charge is 0.398 e. The van der Waals surface area contributed by atoms with Crippen molar-refractivity contribution in [1.82, 2.24) is 4.98 Å². The first-order valence-electron chi connectivity index (χ1n) is 3.29. The van der Waals surface area contributed by atoms with E-state index in [2.05, 4.69) is 4.98 Å². The van der Waals surface area contributed by atoms with Gasteiger partial charge in [0.25, 0.3) is 0 Å². The van der Waals surface area contributed by atoms with Crippen LogP contribution >= 0.6 is 11.6 Å². The van der Waals surface area contributed by atoms with E-state index in [1.807, 2.05) is 24.4 Å². The van der Waals surface area contributed by atoms with Gasteiger partial charge in [-0.25, -0.2) is 0 Å². The molecule has 0 aliphatic carbocycles. The molecule has 2 aromatic rings. The maximum absolute atomic E-state index is 5.80. The third-order valence-corrected chi connectivity index (χ3v) is 2.00. The minimum atomic E-state index is 0.597. The van der Waals surface area contributed by atoms with Crippen molar-refractivity contribution in [2.45, 2.75) is 0 Å². The summed E-state index contributed by atoms with van der Waals surface area (Å²) >= 11 is 5.80. The van der Waals surface area contributed by atoms with E-state index in [0.29, 0.717) is 10.7 Å². The molecule has 2 rings (SSSR count). The second-order valence-electron chi connectivity index (χ2n) is 2.44. The van der Waals surface area contributed by atoms with E-state index in [4.69, 9.17) is 17.3 Å². The molecular formula is C8H7ClN2. The monoisotopic (exact) mass is 166 g/mol. The molecule has 0 bridgehead atoms. The second kappa shape index (κ2) is 2.17. The Labute approximate surface area is 69.0 Å². The van der Waals surface area contributed by atoms with Crippen molar-refractivity contribution in [3.63, 3.8) is 0 Å². The lowest BCUT2D eigenvalue weighted by Crippen LogP contribution is -1.84. The number of benzene rings is 1. The van der Waals surface area contributed by atoms with E-state index in [1.165, 1.54) is 0 Å². The summed E-state index contributed by atoms with van der Waals surface area (Å²) in [5.74, 6) is 0. The minimum absolute atomic E-state index is 0.597. The highest BCUT2D eigenvalue weighted by Crippen LogP contribution is 2.24. The topological polar surface area (TPSA) is 41.8 Å². The molecule has 11 heavy (non-hydrogen) atoms. The van der Waals surface area contributed by atoms with Gasteiger partial charge in [0, 0.05) is 17.1 Å². The van der Waals surface area contributed by atoms with Crippen LogP contribution in [0.1, 0.15) is 0 Å². The summed E-state index contributed by atoms with van der Waals surface area (Å²) in [6.07, 6.45) is 1.86. The quantitative estimate of drug-likeness (QED) is 0.580. The molecule has 3 heteroatoms. The Morgan fingerprint density at radius 2 is 2.18 bits per heavy atom. The Kier molecular flexibility index (Phi) is 1.29. The molecule has 56 valence electrons. The zero-order valence-electron chi connectivity index (χ0n) is 5.76. The number of hydrogen-bond acceptors (Lipinski definition) is 1. The van der Waals surface area contributed by atoms with Crippen LogP contribution in [-0.4, -0.2) is 4.98 Å². The Morgan fingerprint density at radius 1 is 1.36 bits per heavy atom. The van der Waals surface area contributed by atoms with Gasteiger partial charge in [0.05, 0.1) is 10.7 Å². The zero-order chi connectivity index (χ0) is 7.84. The van der Waals surface area contributed by atoms with Crippen LogP contribution in [0.25, 0.3) is 10.9 Å². The molecule has 2 nitrogen and oxygen atoms in total. The highest BCUT2D eigenvalue weighted by molar-refractivity contribution is 6.33. The van der Waals surface area contributed by atoms with Gasteiger partial charge in [-0.2, -0.15) is 0 Å². The van der Waals surface area contributed by atoms with Gasteiger partial charge in [-0.15, -0.1) is 0 Å². The SMILES string of the molecule is Nc1cc2cc[nH]c2cc1Cl. The van der Waals surface area contributed by atoms with Crippen molar-refractivity contribution in [3.05, 3.63) is 29.4 Å². The summed E-state index contributed by atoms with van der Waals surface area (Å²) in [6.45, 7) is 0. The molecule has 1 aromatic carbocycles. The lowest BCUT2D eigenvalue weighted by Gasteiger charge is -1.96. The highest BCUT2D eigenvalue weighted by Gasteiger charge is 1.98. The third-order valence-electron chi connectivity index (χ3n) is 1.67. The molecule has 0 amide bonds. The van der Waals surface area contributed by atoms with E-state index in [1.54, 1.807) is 0 Å². The van der Waals surface area contributed by atoms with E-state index in [9.17, 15) is 0 Å². The van der Waals surface area contributed by atoms with E-state index in [0.717, 1.165) is 10.9 Å². The molecule has 0 aliphatic heterocycles. The van der Waals surface area contributed by atoms with Crippen LogP contribution in [0.3, 0.4) is 0 Å². The molecule has 3 N–H and O–H groups in total. The standard InChI is InChI=1S/C8H7ClN2/c9-6-4-8-5(1-2-11-8)3-7(6)10/h1-4,11H,10H2. The van der Waals surface area contributed by atoms with Crippen LogP contribution < -0.4 is 5.73 Å². The molecule has 1 aromatic heterocycles. The number of aromatic nitrogens is 1. The number of fused-ring (bicyclic) bond motifs is 1. The van der Waals surface area contributed by atoms with Crippen LogP contribution in [0.2, 0.25) is 5.02 Å². The molecule has 1 heterocycles. The number of nitrogen functional groups attached to an aromatic ring is 1. The summed E-state index contributed by atoms with van der Waals surface area (Å²) < 4.78 is 0. The molecule has 0 saturated carbocycles. The molecule has 0 fully saturated rings. The van der Waals surface area contributed by atoms with Gasteiger partial charge in [0.1, 0.15) is 0 Å². The smallest absolute Gasteiger partial charge is 0.0656 e. The molecular weight excluding hydrogens is 160 g/mol. The highest BCUT2D eigenvalue weighted by atomic mass is 35.5. The van der Waals surface area contributed by atoms with Gasteiger partial charge >= 0.3 is 0 Å². The molecule has 0 spiro atoms. The third kappa shape index (κ3) is 0.955. The normalized spacial score (nSPS) is 10.6. The Morgan fingerprint density at radius 3 is 3.00 bits per heavy atom. The average molecular weight is 167 g/mol. The van der Waals surface area contributed by atoms with E-state index >= 15 is 0 Å². The number of aromatic amines is 1. The number of anilines is 1. The maximum atomic E-state index is 5.80. The molecule has 0 radical (unpaired) electrons. The number of hydrogen-bond donors (Lipinski definition) is 2. The molecule has 0 atom stereocenters. The fourth-order valence-electron chi connectivity index (χ4n) is 1.09. The van der Waals surface area contributed by atoms with Gasteiger partial charge in [0.2, 0.25) is 0 Å². The molecule has 0 aliphatic rings. The van der Waals surface area contributed by atoms with Crippen molar-refractivity contribution in [1.29, 1.82) is 0 Å². The van der Waals surface area contributed by atoms with Crippen molar-refractivity contribution in [2.75, 3.05) is 5.73 Å². The van der Waals surface area contributed by atoms with Crippen LogP contribution in [0.4, 0.5) is 5.69 Å². The second-order valence-corrected chi connectivity index (χ2v) is 2.85. The van der Waals surface area contributed by atoms with Gasteiger partial charge < -0.3 is 10.7 Å². The predicted octanol–water partition coefficient (Wildman–Crippen LogP) is 2.40. The lowest BCUT2D eigenvalue weighted by molar-refractivity contribution is 1.48. The van der Waals surface area contributed by atoms with Crippen LogP contribution in [0.5, 0.6) is 0 Å². The first-order valence-corrected chi connectivity index (χ1v) is 3.67. The van der Waals surface area contributed by atoms with Crippen molar-refractivity contribution in [2.24, 2.45) is 0 Å². The first-order chi connectivity index (χ1) is 5.27. The number of nitrogens with one attached hydrogen (secondary N) is 1. The average Bonchev–Trinajstić information content (AvgIpc) is 2.36. The predicted molar refractivity (Wildman–Crippen MR) is 47.7 cm³/mol. The van der Waals surface area contributed by atoms with Crippen molar-refractivity contribution in [3.8, 4) is 0 Å². The Hall–Kier alpha value is -1.15. The fourth-order valence-corrected chi connectivity index (χ4v) is 1.26. The van der Waals surface area contributed by atoms with Crippen LogP contribution in [0.15, 0.2) is 24.4 Å². The van der Waals surface area contributed by atoms with Crippen LogP contribution in [0, 0.1) is 0 Å². The maximum Gasteiger partial charge on any atom is 0.0656 e. The summed E-state index contributed by atoms with van der Waals surface area (Å²) in [5.41, 5.74) is 7.24. The summed E-state index contributed by atoms with van der Waals surface area (Å²) in [4.78, 5) is 3.05. The van der Waals surface area contributed by atoms with Gasteiger partial charge in [-0.3, -0.25) is 0 Å². The summed E-state index contributed by atoms with van der Waals surface area (Å²) in [6, 6.07) is 5.64. The number of H-pyrrole nitrogens is 1. The Balaban J connectivity index is 2.86. The van der Waals surface area contributed by atoms with Gasteiger partial charge in [-0.05, 0) is 18.2 Å². The fraction of sp³-hybridized carbons (Fsp3) is 0. The van der Waals surface area contributed by atoms with Gasteiger partial charge in [0.15, 0.2) is 0 Å². The van der Waals surface area contributed by atoms with E-state index in [-0.39, 0.29) is 0 Å². The Bertz CT molecular complexity index is 356. The first kappa shape index (κ1) is 6.55. The molecule has 0 saturated heterocycles. The minimum Gasteiger partial charge on any atom is -0.398 e. The number of nitrogens with two attached hydrogens (primary N) is 1. The van der Waals surface area contributed by atoms with Crippen LogP contribution in [-0.2, 0) is 0 Å². The number of rotatable bonds is 0.